The molecule has 0 bridgehead atoms. The molecule has 1 fully saturated rings. The zero-order valence-corrected chi connectivity index (χ0v) is 10.2. The molecule has 1 aliphatic rings. The lowest BCUT2D eigenvalue weighted by molar-refractivity contribution is 0.258. The first kappa shape index (κ1) is 12.5. The van der Waals surface area contributed by atoms with Gasteiger partial charge in [0.15, 0.2) is 11.6 Å². The van der Waals surface area contributed by atoms with Crippen LogP contribution >= 0.6 is 0 Å². The zero-order valence-electron chi connectivity index (χ0n) is 10.2. The summed E-state index contributed by atoms with van der Waals surface area (Å²) in [6, 6.07) is 4.21. The Labute approximate surface area is 101 Å². The highest BCUT2D eigenvalue weighted by Gasteiger charge is 2.35. The summed E-state index contributed by atoms with van der Waals surface area (Å²) in [5, 5.41) is 0. The molecular weight excluding hydrogens is 220 g/mol. The summed E-state index contributed by atoms with van der Waals surface area (Å²) in [4.78, 5) is 0. The second-order valence-corrected chi connectivity index (χ2v) is 5.38. The molecule has 2 rings (SSSR count). The summed E-state index contributed by atoms with van der Waals surface area (Å²) in [5.74, 6) is -1.53. The van der Waals surface area contributed by atoms with E-state index in [1.54, 1.807) is 6.07 Å². The van der Waals surface area contributed by atoms with Gasteiger partial charge in [0.2, 0.25) is 0 Å². The van der Waals surface area contributed by atoms with Gasteiger partial charge in [-0.1, -0.05) is 31.9 Å². The van der Waals surface area contributed by atoms with Gasteiger partial charge in [-0.3, -0.25) is 0 Å². The zero-order chi connectivity index (χ0) is 12.5. The molecule has 1 saturated carbocycles. The molecule has 3 heteroatoms. The fourth-order valence-electron chi connectivity index (χ4n) is 2.74. The fraction of sp³-hybridized carbons (Fsp3) is 0.571. The Morgan fingerprint density at radius 2 is 1.94 bits per heavy atom. The summed E-state index contributed by atoms with van der Waals surface area (Å²) >= 11 is 0. The SMILES string of the molecule is CC1(C(N)Cc2cccc(F)c2F)CCCC1. The van der Waals surface area contributed by atoms with Crippen LogP contribution in [0.4, 0.5) is 8.78 Å². The highest BCUT2D eigenvalue weighted by atomic mass is 19.2. The van der Waals surface area contributed by atoms with Crippen molar-refractivity contribution in [2.75, 3.05) is 0 Å². The van der Waals surface area contributed by atoms with Crippen molar-refractivity contribution < 1.29 is 8.78 Å². The molecule has 1 aromatic carbocycles. The molecule has 0 saturated heterocycles. The maximum atomic E-state index is 13.5. The number of rotatable bonds is 3. The van der Waals surface area contributed by atoms with Crippen LogP contribution in [0.3, 0.4) is 0 Å². The Morgan fingerprint density at radius 1 is 1.29 bits per heavy atom. The second-order valence-electron chi connectivity index (χ2n) is 5.38. The van der Waals surface area contributed by atoms with Crippen LogP contribution in [-0.4, -0.2) is 6.04 Å². The molecule has 1 nitrogen and oxygen atoms in total. The number of nitrogens with two attached hydrogens (primary N) is 1. The van der Waals surface area contributed by atoms with E-state index in [0.29, 0.717) is 12.0 Å². The van der Waals surface area contributed by atoms with E-state index in [9.17, 15) is 8.78 Å². The minimum absolute atomic E-state index is 0.0821. The molecule has 0 heterocycles. The van der Waals surface area contributed by atoms with E-state index in [2.05, 4.69) is 6.92 Å². The lowest BCUT2D eigenvalue weighted by Crippen LogP contribution is -2.39. The average Bonchev–Trinajstić information content (AvgIpc) is 2.73. The Balaban J connectivity index is 2.12. The quantitative estimate of drug-likeness (QED) is 0.859. The normalized spacial score (nSPS) is 20.5. The molecule has 1 atom stereocenters. The van der Waals surface area contributed by atoms with Gasteiger partial charge in [0, 0.05) is 6.04 Å². The van der Waals surface area contributed by atoms with E-state index in [-0.39, 0.29) is 11.5 Å². The summed E-state index contributed by atoms with van der Waals surface area (Å²) in [6.07, 6.45) is 4.97. The summed E-state index contributed by atoms with van der Waals surface area (Å²) in [5.41, 5.74) is 6.65. The molecule has 0 amide bonds. The summed E-state index contributed by atoms with van der Waals surface area (Å²) in [6.45, 7) is 2.15. The topological polar surface area (TPSA) is 26.0 Å². The Morgan fingerprint density at radius 3 is 2.59 bits per heavy atom. The van der Waals surface area contributed by atoms with E-state index >= 15 is 0 Å². The molecule has 0 aliphatic heterocycles. The monoisotopic (exact) mass is 239 g/mol. The molecule has 94 valence electrons. The first-order chi connectivity index (χ1) is 8.03. The second kappa shape index (κ2) is 4.73. The first-order valence-corrected chi connectivity index (χ1v) is 6.21. The molecule has 17 heavy (non-hydrogen) atoms. The molecule has 1 unspecified atom stereocenters. The predicted molar refractivity (Wildman–Crippen MR) is 64.6 cm³/mol. The van der Waals surface area contributed by atoms with Crippen molar-refractivity contribution in [2.45, 2.75) is 45.1 Å². The van der Waals surface area contributed by atoms with Crippen molar-refractivity contribution in [2.24, 2.45) is 11.1 Å². The predicted octanol–water partition coefficient (Wildman–Crippen LogP) is 3.41. The van der Waals surface area contributed by atoms with E-state index in [4.69, 9.17) is 5.73 Å². The van der Waals surface area contributed by atoms with Gasteiger partial charge in [0.1, 0.15) is 0 Å². The van der Waals surface area contributed by atoms with Crippen LogP contribution in [0, 0.1) is 17.0 Å². The molecule has 0 spiro atoms. The Hall–Kier alpha value is -0.960. The fourth-order valence-corrected chi connectivity index (χ4v) is 2.74. The molecule has 1 aromatic rings. The standard InChI is InChI=1S/C14H19F2N/c1-14(7-2-3-8-14)12(17)9-10-5-4-6-11(15)13(10)16/h4-6,12H,2-3,7-9,17H2,1H3. The Bertz CT molecular complexity index is 397. The molecule has 0 aromatic heterocycles. The van der Waals surface area contributed by atoms with Gasteiger partial charge in [0.25, 0.3) is 0 Å². The summed E-state index contributed by atoms with van der Waals surface area (Å²) in [7, 11) is 0. The highest BCUT2D eigenvalue weighted by molar-refractivity contribution is 5.20. The smallest absolute Gasteiger partial charge is 0.162 e. The maximum absolute atomic E-state index is 13.5. The van der Waals surface area contributed by atoms with Crippen LogP contribution in [0.25, 0.3) is 0 Å². The van der Waals surface area contributed by atoms with E-state index < -0.39 is 11.6 Å². The highest BCUT2D eigenvalue weighted by Crippen LogP contribution is 2.40. The minimum atomic E-state index is -0.786. The molecule has 1 aliphatic carbocycles. The van der Waals surface area contributed by atoms with E-state index in [1.165, 1.54) is 18.9 Å². The van der Waals surface area contributed by atoms with Crippen LogP contribution in [0.15, 0.2) is 18.2 Å². The van der Waals surface area contributed by atoms with E-state index in [0.717, 1.165) is 18.9 Å². The van der Waals surface area contributed by atoms with Crippen molar-refractivity contribution in [1.82, 2.24) is 0 Å². The molecule has 0 radical (unpaired) electrons. The van der Waals surface area contributed by atoms with Gasteiger partial charge < -0.3 is 5.73 Å². The van der Waals surface area contributed by atoms with Crippen molar-refractivity contribution >= 4 is 0 Å². The average molecular weight is 239 g/mol. The lowest BCUT2D eigenvalue weighted by atomic mass is 9.78. The lowest BCUT2D eigenvalue weighted by Gasteiger charge is -2.31. The third-order valence-electron chi connectivity index (χ3n) is 4.11. The number of hydrogen-bond acceptors (Lipinski definition) is 1. The van der Waals surface area contributed by atoms with Gasteiger partial charge in [0.05, 0.1) is 0 Å². The maximum Gasteiger partial charge on any atom is 0.162 e. The third-order valence-corrected chi connectivity index (χ3v) is 4.11. The summed E-state index contributed by atoms with van der Waals surface area (Å²) < 4.78 is 26.6. The van der Waals surface area contributed by atoms with Gasteiger partial charge in [-0.15, -0.1) is 0 Å². The van der Waals surface area contributed by atoms with E-state index in [1.807, 2.05) is 0 Å². The van der Waals surface area contributed by atoms with Gasteiger partial charge in [-0.25, -0.2) is 8.78 Å². The van der Waals surface area contributed by atoms with Crippen molar-refractivity contribution in [3.63, 3.8) is 0 Å². The molecule has 2 N–H and O–H groups in total. The van der Waals surface area contributed by atoms with Crippen LogP contribution in [0.2, 0.25) is 0 Å². The number of benzene rings is 1. The van der Waals surface area contributed by atoms with Crippen molar-refractivity contribution in [1.29, 1.82) is 0 Å². The van der Waals surface area contributed by atoms with Gasteiger partial charge in [-0.05, 0) is 36.3 Å². The largest absolute Gasteiger partial charge is 0.327 e. The van der Waals surface area contributed by atoms with Gasteiger partial charge >= 0.3 is 0 Å². The van der Waals surface area contributed by atoms with Crippen LogP contribution in [0.5, 0.6) is 0 Å². The van der Waals surface area contributed by atoms with Crippen LogP contribution < -0.4 is 5.73 Å². The minimum Gasteiger partial charge on any atom is -0.327 e. The van der Waals surface area contributed by atoms with Gasteiger partial charge in [-0.2, -0.15) is 0 Å². The van der Waals surface area contributed by atoms with Crippen LogP contribution in [-0.2, 0) is 6.42 Å². The molecular formula is C14H19F2N. The number of halogens is 2. The van der Waals surface area contributed by atoms with Crippen molar-refractivity contribution in [3.8, 4) is 0 Å². The Kier molecular flexibility index (Phi) is 3.48. The van der Waals surface area contributed by atoms with Crippen LogP contribution in [0.1, 0.15) is 38.2 Å². The third kappa shape index (κ3) is 2.49. The number of hydrogen-bond donors (Lipinski definition) is 1. The van der Waals surface area contributed by atoms with Crippen molar-refractivity contribution in [3.05, 3.63) is 35.4 Å². The first-order valence-electron chi connectivity index (χ1n) is 6.21.